The molecule has 6 aromatic carbocycles. The summed E-state index contributed by atoms with van der Waals surface area (Å²) in [6, 6.07) is 63.3. The van der Waals surface area contributed by atoms with Crippen LogP contribution in [0.5, 0.6) is 0 Å². The van der Waals surface area contributed by atoms with Crippen molar-refractivity contribution in [3.8, 4) is 56.2 Å². The summed E-state index contributed by atoms with van der Waals surface area (Å²) in [6.45, 7) is 0. The number of nitrogens with zero attached hydrogens (tertiary/aromatic N) is 6. The Balaban J connectivity index is 0.815. The van der Waals surface area contributed by atoms with E-state index in [9.17, 15) is 0 Å². The minimum Gasteiger partial charge on any atom is -0.254 e. The van der Waals surface area contributed by atoms with Crippen LogP contribution in [0, 0.1) is 0 Å². The van der Waals surface area contributed by atoms with Gasteiger partial charge in [-0.05, 0) is 83.9 Å². The number of pyridine rings is 6. The average molecular weight is 765 g/mol. The molecule has 6 nitrogen and oxygen atoms in total. The second-order valence-electron chi connectivity index (χ2n) is 15.2. The van der Waals surface area contributed by atoms with Crippen molar-refractivity contribution in [1.29, 1.82) is 0 Å². The van der Waals surface area contributed by atoms with E-state index in [4.69, 9.17) is 19.9 Å². The molecule has 0 radical (unpaired) electrons. The van der Waals surface area contributed by atoms with Gasteiger partial charge >= 0.3 is 0 Å². The highest BCUT2D eigenvalue weighted by atomic mass is 14.8. The Hall–Kier alpha value is -8.22. The van der Waals surface area contributed by atoms with Gasteiger partial charge in [-0.15, -0.1) is 0 Å². The Morgan fingerprint density at radius 2 is 0.600 bits per heavy atom. The molecule has 60 heavy (non-hydrogen) atoms. The fourth-order valence-corrected chi connectivity index (χ4v) is 8.38. The molecule has 0 spiro atoms. The van der Waals surface area contributed by atoms with Crippen molar-refractivity contribution in [1.82, 2.24) is 29.9 Å². The third kappa shape index (κ3) is 5.89. The lowest BCUT2D eigenvalue weighted by Crippen LogP contribution is -1.91. The van der Waals surface area contributed by atoms with E-state index in [0.717, 1.165) is 122 Å². The third-order valence-corrected chi connectivity index (χ3v) is 11.5. The monoisotopic (exact) mass is 764 g/mol. The molecule has 0 N–H and O–H groups in total. The van der Waals surface area contributed by atoms with Crippen LogP contribution in [0.25, 0.3) is 122 Å². The lowest BCUT2D eigenvalue weighted by molar-refractivity contribution is 1.36. The molecule has 6 heterocycles. The molecule has 0 saturated heterocycles. The number of hydrogen-bond donors (Lipinski definition) is 0. The average Bonchev–Trinajstić information content (AvgIpc) is 3.33. The van der Waals surface area contributed by atoms with Crippen LogP contribution in [0.4, 0.5) is 0 Å². The van der Waals surface area contributed by atoms with Crippen LogP contribution >= 0.6 is 0 Å². The summed E-state index contributed by atoms with van der Waals surface area (Å²) in [4.78, 5) is 29.6. The molecule has 12 rings (SSSR count). The number of benzene rings is 6. The molecular formula is C54H32N6. The van der Waals surface area contributed by atoms with Gasteiger partial charge in [0.2, 0.25) is 0 Å². The van der Waals surface area contributed by atoms with Crippen molar-refractivity contribution in [2.45, 2.75) is 0 Å². The third-order valence-electron chi connectivity index (χ3n) is 11.5. The van der Waals surface area contributed by atoms with E-state index in [2.05, 4.69) is 180 Å². The summed E-state index contributed by atoms with van der Waals surface area (Å²) in [5.41, 5.74) is 15.6. The molecule has 278 valence electrons. The van der Waals surface area contributed by atoms with Crippen LogP contribution in [0.15, 0.2) is 194 Å². The Labute approximate surface area is 344 Å². The van der Waals surface area contributed by atoms with Crippen LogP contribution in [-0.4, -0.2) is 29.9 Å². The minimum atomic E-state index is 0.908. The van der Waals surface area contributed by atoms with Crippen molar-refractivity contribution in [2.24, 2.45) is 0 Å². The summed E-state index contributed by atoms with van der Waals surface area (Å²) in [6.07, 6.45) is 3.65. The van der Waals surface area contributed by atoms with E-state index >= 15 is 0 Å². The fourth-order valence-electron chi connectivity index (χ4n) is 8.38. The molecule has 0 unspecified atom stereocenters. The number of fused-ring (bicyclic) bond motifs is 8. The van der Waals surface area contributed by atoms with Crippen molar-refractivity contribution in [2.75, 3.05) is 0 Å². The molecular weight excluding hydrogens is 733 g/mol. The van der Waals surface area contributed by atoms with Gasteiger partial charge < -0.3 is 0 Å². The maximum absolute atomic E-state index is 5.10. The van der Waals surface area contributed by atoms with Gasteiger partial charge in [0.15, 0.2) is 0 Å². The first kappa shape index (κ1) is 33.9. The van der Waals surface area contributed by atoms with Gasteiger partial charge in [-0.2, -0.15) is 0 Å². The Morgan fingerprint density at radius 1 is 0.233 bits per heavy atom. The van der Waals surface area contributed by atoms with E-state index < -0.39 is 0 Å². The summed E-state index contributed by atoms with van der Waals surface area (Å²) >= 11 is 0. The second-order valence-corrected chi connectivity index (χ2v) is 15.2. The van der Waals surface area contributed by atoms with Crippen LogP contribution in [0.1, 0.15) is 0 Å². The first-order valence-electron chi connectivity index (χ1n) is 20.0. The van der Waals surface area contributed by atoms with Crippen LogP contribution in [0.3, 0.4) is 0 Å². The molecule has 0 aliphatic heterocycles. The van der Waals surface area contributed by atoms with Crippen LogP contribution in [0.2, 0.25) is 0 Å². The first-order valence-corrected chi connectivity index (χ1v) is 20.0. The van der Waals surface area contributed by atoms with Crippen LogP contribution in [-0.2, 0) is 0 Å². The summed E-state index contributed by atoms with van der Waals surface area (Å²) < 4.78 is 0. The normalized spacial score (nSPS) is 11.7. The van der Waals surface area contributed by atoms with Crippen LogP contribution < -0.4 is 0 Å². The molecule has 0 amide bonds. The van der Waals surface area contributed by atoms with E-state index in [1.165, 1.54) is 0 Å². The number of rotatable bonds is 5. The Kier molecular flexibility index (Phi) is 7.74. The van der Waals surface area contributed by atoms with Gasteiger partial charge in [-0.3, -0.25) is 9.97 Å². The molecule has 6 heteroatoms. The Morgan fingerprint density at radius 3 is 1.03 bits per heavy atom. The number of aromatic nitrogens is 6. The van der Waals surface area contributed by atoms with Crippen molar-refractivity contribution in [3.63, 3.8) is 0 Å². The van der Waals surface area contributed by atoms with E-state index in [0.29, 0.717) is 0 Å². The maximum atomic E-state index is 5.10. The van der Waals surface area contributed by atoms with Gasteiger partial charge in [0.25, 0.3) is 0 Å². The zero-order valence-electron chi connectivity index (χ0n) is 32.2. The molecule has 0 atom stereocenters. The van der Waals surface area contributed by atoms with Gasteiger partial charge in [0.1, 0.15) is 0 Å². The predicted octanol–water partition coefficient (Wildman–Crippen LogP) is 13.3. The molecule has 6 aromatic heterocycles. The smallest absolute Gasteiger partial charge is 0.0972 e. The molecule has 12 aromatic rings. The van der Waals surface area contributed by atoms with Gasteiger partial charge in [-0.25, -0.2) is 19.9 Å². The van der Waals surface area contributed by atoms with Gasteiger partial charge in [-0.1, -0.05) is 109 Å². The zero-order valence-corrected chi connectivity index (χ0v) is 32.2. The summed E-state index contributed by atoms with van der Waals surface area (Å²) in [7, 11) is 0. The largest absolute Gasteiger partial charge is 0.254 e. The second kappa shape index (κ2) is 13.7. The molecule has 0 saturated carbocycles. The number of hydrogen-bond acceptors (Lipinski definition) is 6. The van der Waals surface area contributed by atoms with Crippen molar-refractivity contribution < 1.29 is 0 Å². The minimum absolute atomic E-state index is 0.908. The fraction of sp³-hybridized carbons (Fsp3) is 0. The maximum Gasteiger partial charge on any atom is 0.0972 e. The van der Waals surface area contributed by atoms with Crippen molar-refractivity contribution >= 4 is 65.4 Å². The predicted molar refractivity (Wildman–Crippen MR) is 245 cm³/mol. The van der Waals surface area contributed by atoms with E-state index in [1.807, 2.05) is 24.5 Å². The lowest BCUT2D eigenvalue weighted by Gasteiger charge is -2.10. The van der Waals surface area contributed by atoms with Gasteiger partial charge in [0, 0.05) is 67.0 Å². The highest BCUT2D eigenvalue weighted by molar-refractivity contribution is 6.04. The standard InChI is InChI=1S/C54H32N6/c1-5-39(31-41(7-1)49-21-15-35-13-11-33-9-3-27-55-51(33)53(35)59-49)45-25-19-43-29-37(17-23-47(43)57-45)38-18-24-48-44(30-38)20-26-46(58-48)40-6-2-8-42(32-40)50-22-16-36-14-12-34-10-4-28-56-52(34)54(36)60-50/h1-32H. The van der Waals surface area contributed by atoms with Crippen molar-refractivity contribution in [3.05, 3.63) is 194 Å². The quantitative estimate of drug-likeness (QED) is 0.162. The molecule has 0 aliphatic carbocycles. The first-order chi connectivity index (χ1) is 29.7. The highest BCUT2D eigenvalue weighted by Crippen LogP contribution is 2.33. The zero-order chi connectivity index (χ0) is 39.6. The SMILES string of the molecule is c1cc(-c2ccc3cc(-c4ccc5nc(-c6cccc(-c7ccc8ccc9cccnc9c8n7)c6)ccc5c4)ccc3n2)cc(-c2ccc3ccc4cccnc4c3n2)c1. The topological polar surface area (TPSA) is 77.3 Å². The molecule has 0 aliphatic rings. The highest BCUT2D eigenvalue weighted by Gasteiger charge is 2.12. The lowest BCUT2D eigenvalue weighted by atomic mass is 9.99. The summed E-state index contributed by atoms with van der Waals surface area (Å²) in [5.74, 6) is 0. The summed E-state index contributed by atoms with van der Waals surface area (Å²) in [5, 5.41) is 6.49. The molecule has 0 fully saturated rings. The van der Waals surface area contributed by atoms with Gasteiger partial charge in [0.05, 0.1) is 55.9 Å². The van der Waals surface area contributed by atoms with E-state index in [1.54, 1.807) is 0 Å². The van der Waals surface area contributed by atoms with E-state index in [-0.39, 0.29) is 0 Å². The molecule has 0 bridgehead atoms. The Bertz CT molecular complexity index is 3450.